The number of amides is 1. The van der Waals surface area contributed by atoms with E-state index in [1.54, 1.807) is 0 Å². The summed E-state index contributed by atoms with van der Waals surface area (Å²) in [5.41, 5.74) is 0.343. The number of halogens is 3. The standard InChI is InChI=1S/C22H20F3N5O2/c23-13-5-4-10-26-16(13)11-27-22(31)17-12-32-19(28-17)7-3-1-2-6-18-29-20-14(24)8-9-15(25)21(20)30-18/h4-5,8-10,12H,1-3,6-7,11H2,(H,27,31)(H,29,30). The minimum atomic E-state index is -0.558. The van der Waals surface area contributed by atoms with Crippen molar-refractivity contribution in [2.75, 3.05) is 0 Å². The summed E-state index contributed by atoms with van der Waals surface area (Å²) in [6.45, 7) is -0.0523. The summed E-state index contributed by atoms with van der Waals surface area (Å²) in [6.07, 6.45) is 6.12. The van der Waals surface area contributed by atoms with Gasteiger partial charge in [-0.1, -0.05) is 6.42 Å². The normalized spacial score (nSPS) is 11.2. The largest absolute Gasteiger partial charge is 0.448 e. The van der Waals surface area contributed by atoms with Crippen LogP contribution in [-0.4, -0.2) is 25.8 Å². The Morgan fingerprint density at radius 3 is 2.62 bits per heavy atom. The highest BCUT2D eigenvalue weighted by Crippen LogP contribution is 2.19. The molecule has 0 saturated carbocycles. The van der Waals surface area contributed by atoms with Crippen LogP contribution in [-0.2, 0) is 19.4 Å². The second kappa shape index (κ2) is 9.63. The number of rotatable bonds is 9. The smallest absolute Gasteiger partial charge is 0.273 e. The zero-order valence-electron chi connectivity index (χ0n) is 17.0. The van der Waals surface area contributed by atoms with E-state index in [1.165, 1.54) is 24.6 Å². The molecule has 0 fully saturated rings. The molecule has 0 radical (unpaired) electrons. The lowest BCUT2D eigenvalue weighted by molar-refractivity contribution is 0.0945. The first-order valence-electron chi connectivity index (χ1n) is 10.2. The number of unbranched alkanes of at least 4 members (excludes halogenated alkanes) is 2. The fraction of sp³-hybridized carbons (Fsp3) is 0.273. The van der Waals surface area contributed by atoms with Crippen LogP contribution in [0.5, 0.6) is 0 Å². The molecule has 0 saturated heterocycles. The molecule has 3 aromatic heterocycles. The van der Waals surface area contributed by atoms with E-state index in [9.17, 15) is 18.0 Å². The number of nitrogens with one attached hydrogen (secondary N) is 2. The number of benzene rings is 1. The van der Waals surface area contributed by atoms with Crippen molar-refractivity contribution in [1.82, 2.24) is 25.3 Å². The number of hydrogen-bond acceptors (Lipinski definition) is 5. The summed E-state index contributed by atoms with van der Waals surface area (Å²) in [5, 5.41) is 2.56. The minimum Gasteiger partial charge on any atom is -0.448 e. The van der Waals surface area contributed by atoms with Gasteiger partial charge in [0.15, 0.2) is 17.4 Å². The van der Waals surface area contributed by atoms with Gasteiger partial charge in [-0.15, -0.1) is 0 Å². The van der Waals surface area contributed by atoms with Gasteiger partial charge in [0, 0.05) is 19.0 Å². The van der Waals surface area contributed by atoms with Crippen LogP contribution < -0.4 is 5.32 Å². The number of aromatic amines is 1. The summed E-state index contributed by atoms with van der Waals surface area (Å²) in [5.74, 6) is -1.11. The number of hydrogen-bond donors (Lipinski definition) is 2. The number of carbonyl (C=O) groups is 1. The van der Waals surface area contributed by atoms with Crippen molar-refractivity contribution in [1.29, 1.82) is 0 Å². The molecular formula is C22H20F3N5O2. The van der Waals surface area contributed by atoms with Gasteiger partial charge in [0.05, 0.1) is 12.2 Å². The lowest BCUT2D eigenvalue weighted by Gasteiger charge is -2.03. The highest BCUT2D eigenvalue weighted by atomic mass is 19.1. The molecule has 32 heavy (non-hydrogen) atoms. The molecule has 2 N–H and O–H groups in total. The summed E-state index contributed by atoms with van der Waals surface area (Å²) < 4.78 is 46.3. The van der Waals surface area contributed by atoms with Gasteiger partial charge in [-0.05, 0) is 37.1 Å². The zero-order valence-corrected chi connectivity index (χ0v) is 17.0. The second-order valence-electron chi connectivity index (χ2n) is 7.24. The molecule has 4 rings (SSSR count). The van der Waals surface area contributed by atoms with Gasteiger partial charge in [-0.3, -0.25) is 9.78 Å². The van der Waals surface area contributed by atoms with Crippen molar-refractivity contribution in [3.63, 3.8) is 0 Å². The van der Waals surface area contributed by atoms with Crippen LogP contribution in [0.15, 0.2) is 41.1 Å². The van der Waals surface area contributed by atoms with Crippen molar-refractivity contribution in [2.45, 2.75) is 38.6 Å². The Hall–Kier alpha value is -3.69. The fourth-order valence-electron chi connectivity index (χ4n) is 3.27. The lowest BCUT2D eigenvalue weighted by Crippen LogP contribution is -2.24. The maximum Gasteiger partial charge on any atom is 0.273 e. The Kier molecular flexibility index (Phi) is 6.48. The van der Waals surface area contributed by atoms with E-state index in [4.69, 9.17) is 4.42 Å². The zero-order chi connectivity index (χ0) is 22.5. The topological polar surface area (TPSA) is 96.7 Å². The van der Waals surface area contributed by atoms with E-state index in [-0.39, 0.29) is 29.0 Å². The summed E-state index contributed by atoms with van der Waals surface area (Å²) in [4.78, 5) is 27.1. The number of H-pyrrole nitrogens is 1. The molecule has 0 aliphatic heterocycles. The highest BCUT2D eigenvalue weighted by Gasteiger charge is 2.14. The molecule has 0 spiro atoms. The van der Waals surface area contributed by atoms with Crippen LogP contribution >= 0.6 is 0 Å². The first-order chi connectivity index (χ1) is 15.5. The number of aromatic nitrogens is 4. The monoisotopic (exact) mass is 443 g/mol. The van der Waals surface area contributed by atoms with Gasteiger partial charge in [0.1, 0.15) is 34.8 Å². The summed E-state index contributed by atoms with van der Waals surface area (Å²) in [7, 11) is 0. The van der Waals surface area contributed by atoms with Crippen LogP contribution in [0.4, 0.5) is 13.2 Å². The van der Waals surface area contributed by atoms with Gasteiger partial charge in [0.25, 0.3) is 5.91 Å². The van der Waals surface area contributed by atoms with Crippen LogP contribution in [0, 0.1) is 17.5 Å². The number of imidazole rings is 1. The summed E-state index contributed by atoms with van der Waals surface area (Å²) >= 11 is 0. The van der Waals surface area contributed by atoms with E-state index < -0.39 is 23.4 Å². The Bertz CT molecular complexity index is 1200. The number of aryl methyl sites for hydroxylation is 2. The lowest BCUT2D eigenvalue weighted by atomic mass is 10.1. The van der Waals surface area contributed by atoms with E-state index in [0.717, 1.165) is 31.4 Å². The van der Waals surface area contributed by atoms with Crippen molar-refractivity contribution >= 4 is 16.9 Å². The molecular weight excluding hydrogens is 423 g/mol. The van der Waals surface area contributed by atoms with Gasteiger partial charge in [-0.25, -0.2) is 23.1 Å². The summed E-state index contributed by atoms with van der Waals surface area (Å²) in [6, 6.07) is 4.87. The third kappa shape index (κ3) is 4.96. The minimum absolute atomic E-state index is 0.0105. The third-order valence-electron chi connectivity index (χ3n) is 4.93. The Labute approximate surface area is 181 Å². The highest BCUT2D eigenvalue weighted by molar-refractivity contribution is 5.91. The molecule has 0 bridgehead atoms. The molecule has 7 nitrogen and oxygen atoms in total. The average molecular weight is 443 g/mol. The molecule has 3 heterocycles. The van der Waals surface area contributed by atoms with E-state index >= 15 is 0 Å². The van der Waals surface area contributed by atoms with Crippen molar-refractivity contribution in [3.05, 3.63) is 77.3 Å². The molecule has 0 aliphatic carbocycles. The average Bonchev–Trinajstić information content (AvgIpc) is 3.44. The molecule has 0 unspecified atom stereocenters. The molecule has 0 atom stereocenters. The van der Waals surface area contributed by atoms with E-state index in [1.807, 2.05) is 0 Å². The Morgan fingerprint density at radius 1 is 1.00 bits per heavy atom. The number of pyridine rings is 1. The van der Waals surface area contributed by atoms with E-state index in [0.29, 0.717) is 24.6 Å². The van der Waals surface area contributed by atoms with Crippen molar-refractivity contribution in [3.8, 4) is 0 Å². The first kappa shape index (κ1) is 21.5. The first-order valence-corrected chi connectivity index (χ1v) is 10.2. The van der Waals surface area contributed by atoms with Crippen LogP contribution in [0.3, 0.4) is 0 Å². The van der Waals surface area contributed by atoms with Gasteiger partial charge in [0.2, 0.25) is 0 Å². The van der Waals surface area contributed by atoms with Gasteiger partial charge in [-0.2, -0.15) is 0 Å². The number of carbonyl (C=O) groups excluding carboxylic acids is 1. The maximum absolute atomic E-state index is 13.7. The maximum atomic E-state index is 13.7. The predicted octanol–water partition coefficient (Wildman–Crippen LogP) is 4.25. The number of oxazole rings is 1. The van der Waals surface area contributed by atoms with Gasteiger partial charge >= 0.3 is 0 Å². The van der Waals surface area contributed by atoms with Crippen molar-refractivity contribution in [2.24, 2.45) is 0 Å². The quantitative estimate of drug-likeness (QED) is 0.377. The van der Waals surface area contributed by atoms with E-state index in [2.05, 4.69) is 25.3 Å². The number of nitrogens with zero attached hydrogens (tertiary/aromatic N) is 3. The van der Waals surface area contributed by atoms with Crippen molar-refractivity contribution < 1.29 is 22.4 Å². The molecule has 10 heteroatoms. The molecule has 166 valence electrons. The van der Waals surface area contributed by atoms with Gasteiger partial charge < -0.3 is 14.7 Å². The molecule has 1 aromatic carbocycles. The molecule has 1 amide bonds. The Balaban J connectivity index is 1.21. The van der Waals surface area contributed by atoms with Crippen LogP contribution in [0.2, 0.25) is 0 Å². The third-order valence-corrected chi connectivity index (χ3v) is 4.93. The van der Waals surface area contributed by atoms with Crippen LogP contribution in [0.25, 0.3) is 11.0 Å². The molecule has 4 aromatic rings. The second-order valence-corrected chi connectivity index (χ2v) is 7.24. The number of fused-ring (bicyclic) bond motifs is 1. The SMILES string of the molecule is O=C(NCc1ncccc1F)c1coc(CCCCCc2nc3c(F)ccc(F)c3[nH]2)n1. The molecule has 0 aliphatic rings. The predicted molar refractivity (Wildman–Crippen MR) is 109 cm³/mol. The Morgan fingerprint density at radius 2 is 1.81 bits per heavy atom. The fourth-order valence-corrected chi connectivity index (χ4v) is 3.27. The van der Waals surface area contributed by atoms with Crippen LogP contribution in [0.1, 0.15) is 47.2 Å².